The van der Waals surface area contributed by atoms with Crippen molar-refractivity contribution in [3.05, 3.63) is 47.1 Å². The molecule has 1 aromatic rings. The number of carbonyl (C=O) groups is 1. The summed E-state index contributed by atoms with van der Waals surface area (Å²) in [5.41, 5.74) is 2.43. The molecule has 0 bridgehead atoms. The van der Waals surface area contributed by atoms with Crippen LogP contribution < -0.4 is 5.43 Å². The fraction of sp³-hybridized carbons (Fsp3) is 0.375. The van der Waals surface area contributed by atoms with Gasteiger partial charge in [-0.3, -0.25) is 4.79 Å². The maximum Gasteiger partial charge on any atom is 0.240 e. The summed E-state index contributed by atoms with van der Waals surface area (Å²) in [6.45, 7) is 2.39. The third-order valence-corrected chi connectivity index (χ3v) is 4.02. The summed E-state index contributed by atoms with van der Waals surface area (Å²) in [4.78, 5) is 11.6. The van der Waals surface area contributed by atoms with Crippen LogP contribution in [-0.4, -0.2) is 24.1 Å². The number of rotatable bonds is 7. The van der Waals surface area contributed by atoms with E-state index >= 15 is 0 Å². The number of hydrazone groups is 1. The molecular formula is C16H18Cl2N2O3. The third kappa shape index (κ3) is 5.77. The number of nitrogens with one attached hydrogen (secondary N) is 1. The standard InChI is InChI=1S/C16H18Cl2N2O3/c1-11-8-15(14(18)9-13(11)17)23-7-3-5-16(21)20-19-10-12-4-2-6-22-12/h2,4,6,8-11,13H,3,5,7H2,1H3,(H,20,21)/b19-10+. The number of nitrogens with zero attached hydrogens (tertiary/aromatic N) is 1. The molecular weight excluding hydrogens is 339 g/mol. The maximum absolute atomic E-state index is 11.6. The van der Waals surface area contributed by atoms with E-state index in [2.05, 4.69) is 10.5 Å². The first-order chi connectivity index (χ1) is 11.1. The van der Waals surface area contributed by atoms with Crippen molar-refractivity contribution in [2.45, 2.75) is 25.1 Å². The highest BCUT2D eigenvalue weighted by molar-refractivity contribution is 6.33. The van der Waals surface area contributed by atoms with Gasteiger partial charge in [0.25, 0.3) is 0 Å². The van der Waals surface area contributed by atoms with Crippen LogP contribution in [0.4, 0.5) is 0 Å². The molecule has 1 N–H and O–H groups in total. The largest absolute Gasteiger partial charge is 0.492 e. The van der Waals surface area contributed by atoms with Crippen molar-refractivity contribution in [3.8, 4) is 0 Å². The second-order valence-corrected chi connectivity index (χ2v) is 6.02. The van der Waals surface area contributed by atoms with Gasteiger partial charge in [0.2, 0.25) is 5.91 Å². The number of ether oxygens (including phenoxy) is 1. The quantitative estimate of drug-likeness (QED) is 0.350. The number of hydrogen-bond donors (Lipinski definition) is 1. The van der Waals surface area contributed by atoms with Crippen molar-refractivity contribution in [1.29, 1.82) is 0 Å². The van der Waals surface area contributed by atoms with Crippen molar-refractivity contribution >= 4 is 35.3 Å². The molecule has 1 aliphatic carbocycles. The normalized spacial score (nSPS) is 21.0. The summed E-state index contributed by atoms with van der Waals surface area (Å²) >= 11 is 12.2. The molecule has 0 spiro atoms. The molecule has 5 nitrogen and oxygen atoms in total. The lowest BCUT2D eigenvalue weighted by molar-refractivity contribution is -0.121. The molecule has 23 heavy (non-hydrogen) atoms. The van der Waals surface area contributed by atoms with Gasteiger partial charge in [-0.05, 0) is 36.6 Å². The summed E-state index contributed by atoms with van der Waals surface area (Å²) in [6.07, 6.45) is 7.50. The van der Waals surface area contributed by atoms with Gasteiger partial charge in [0, 0.05) is 6.42 Å². The first-order valence-electron chi connectivity index (χ1n) is 7.28. The average Bonchev–Trinajstić information content (AvgIpc) is 3.02. The Morgan fingerprint density at radius 3 is 3.09 bits per heavy atom. The van der Waals surface area contributed by atoms with Crippen LogP contribution in [0.15, 0.2) is 50.9 Å². The Bertz CT molecular complexity index is 609. The summed E-state index contributed by atoms with van der Waals surface area (Å²) in [5, 5.41) is 4.19. The van der Waals surface area contributed by atoms with Crippen LogP contribution in [0.2, 0.25) is 0 Å². The number of carbonyl (C=O) groups excluding carboxylic acids is 1. The molecule has 0 aromatic carbocycles. The molecule has 0 radical (unpaired) electrons. The monoisotopic (exact) mass is 356 g/mol. The smallest absolute Gasteiger partial charge is 0.240 e. The van der Waals surface area contributed by atoms with E-state index in [0.29, 0.717) is 36.0 Å². The molecule has 1 heterocycles. The lowest BCUT2D eigenvalue weighted by Gasteiger charge is -2.20. The van der Waals surface area contributed by atoms with Gasteiger partial charge in [-0.1, -0.05) is 18.5 Å². The van der Waals surface area contributed by atoms with E-state index in [9.17, 15) is 4.79 Å². The molecule has 0 aliphatic heterocycles. The van der Waals surface area contributed by atoms with E-state index in [1.807, 2.05) is 13.0 Å². The molecule has 1 amide bonds. The van der Waals surface area contributed by atoms with Gasteiger partial charge in [0.15, 0.2) is 0 Å². The highest BCUT2D eigenvalue weighted by Crippen LogP contribution is 2.29. The summed E-state index contributed by atoms with van der Waals surface area (Å²) in [6, 6.07) is 3.48. The lowest BCUT2D eigenvalue weighted by Crippen LogP contribution is -2.18. The number of alkyl halides is 1. The highest BCUT2D eigenvalue weighted by Gasteiger charge is 2.19. The van der Waals surface area contributed by atoms with Crippen molar-refractivity contribution < 1.29 is 13.9 Å². The number of allylic oxidation sites excluding steroid dienone is 3. The van der Waals surface area contributed by atoms with E-state index in [-0.39, 0.29) is 17.2 Å². The van der Waals surface area contributed by atoms with E-state index < -0.39 is 0 Å². The van der Waals surface area contributed by atoms with Gasteiger partial charge in [-0.25, -0.2) is 5.43 Å². The Kier molecular flexibility index (Phi) is 6.74. The average molecular weight is 357 g/mol. The minimum atomic E-state index is -0.190. The van der Waals surface area contributed by atoms with Crippen molar-refractivity contribution in [3.63, 3.8) is 0 Å². The van der Waals surface area contributed by atoms with E-state index in [4.69, 9.17) is 32.4 Å². The molecule has 1 aromatic heterocycles. The van der Waals surface area contributed by atoms with Crippen LogP contribution in [0.25, 0.3) is 0 Å². The van der Waals surface area contributed by atoms with Crippen molar-refractivity contribution in [2.24, 2.45) is 11.0 Å². The molecule has 7 heteroatoms. The molecule has 2 unspecified atom stereocenters. The second-order valence-electron chi connectivity index (χ2n) is 5.11. The van der Waals surface area contributed by atoms with Crippen LogP contribution in [0, 0.1) is 5.92 Å². The second kappa shape index (κ2) is 8.79. The van der Waals surface area contributed by atoms with Gasteiger partial charge in [-0.2, -0.15) is 5.10 Å². The van der Waals surface area contributed by atoms with Gasteiger partial charge in [0.1, 0.15) is 11.5 Å². The summed E-state index contributed by atoms with van der Waals surface area (Å²) in [5.74, 6) is 1.16. The van der Waals surface area contributed by atoms with Gasteiger partial charge in [-0.15, -0.1) is 11.6 Å². The van der Waals surface area contributed by atoms with Gasteiger partial charge in [0.05, 0.1) is 29.5 Å². The Morgan fingerprint density at radius 1 is 1.52 bits per heavy atom. The van der Waals surface area contributed by atoms with E-state index in [0.717, 1.165) is 0 Å². The fourth-order valence-corrected chi connectivity index (χ4v) is 2.42. The molecule has 0 saturated heterocycles. The number of hydrogen-bond acceptors (Lipinski definition) is 4. The van der Waals surface area contributed by atoms with Crippen molar-refractivity contribution in [1.82, 2.24) is 5.43 Å². The zero-order chi connectivity index (χ0) is 16.7. The summed E-state index contributed by atoms with van der Waals surface area (Å²) in [7, 11) is 0. The number of furan rings is 1. The zero-order valence-electron chi connectivity index (χ0n) is 12.7. The molecule has 0 fully saturated rings. The molecule has 2 rings (SSSR count). The summed E-state index contributed by atoms with van der Waals surface area (Å²) < 4.78 is 10.6. The van der Waals surface area contributed by atoms with Gasteiger partial charge >= 0.3 is 0 Å². The Balaban J connectivity index is 1.64. The predicted octanol–water partition coefficient (Wildman–Crippen LogP) is 3.79. The van der Waals surface area contributed by atoms with E-state index in [1.165, 1.54) is 12.5 Å². The van der Waals surface area contributed by atoms with Crippen LogP contribution >= 0.6 is 23.2 Å². The highest BCUT2D eigenvalue weighted by atomic mass is 35.5. The van der Waals surface area contributed by atoms with Crippen LogP contribution in [0.3, 0.4) is 0 Å². The topological polar surface area (TPSA) is 63.8 Å². The molecule has 0 saturated carbocycles. The van der Waals surface area contributed by atoms with Crippen molar-refractivity contribution in [2.75, 3.05) is 6.61 Å². The van der Waals surface area contributed by atoms with Crippen LogP contribution in [0.1, 0.15) is 25.5 Å². The molecule has 1 aliphatic rings. The predicted molar refractivity (Wildman–Crippen MR) is 90.5 cm³/mol. The number of amides is 1. The van der Waals surface area contributed by atoms with E-state index in [1.54, 1.807) is 18.2 Å². The first kappa shape index (κ1) is 17.6. The fourth-order valence-electron chi connectivity index (χ4n) is 1.90. The lowest BCUT2D eigenvalue weighted by atomic mass is 10.0. The minimum Gasteiger partial charge on any atom is -0.492 e. The minimum absolute atomic E-state index is 0.118. The van der Waals surface area contributed by atoms with Crippen LogP contribution in [0.5, 0.6) is 0 Å². The zero-order valence-corrected chi connectivity index (χ0v) is 14.2. The Hall–Kier alpha value is -1.72. The SMILES string of the molecule is CC1C=C(OCCCC(=O)N/N=C/c2ccco2)C(Cl)=CC1Cl. The maximum atomic E-state index is 11.6. The Labute approximate surface area is 145 Å². The third-order valence-electron chi connectivity index (χ3n) is 3.19. The van der Waals surface area contributed by atoms with Crippen LogP contribution in [-0.2, 0) is 9.53 Å². The van der Waals surface area contributed by atoms with Gasteiger partial charge < -0.3 is 9.15 Å². The number of halogens is 2. The molecule has 2 atom stereocenters. The first-order valence-corrected chi connectivity index (χ1v) is 8.09. The molecule has 124 valence electrons. The Morgan fingerprint density at radius 2 is 2.35 bits per heavy atom.